The highest BCUT2D eigenvalue weighted by Crippen LogP contribution is 2.23. The van der Waals surface area contributed by atoms with Crippen molar-refractivity contribution in [2.75, 3.05) is 13.7 Å². The Morgan fingerprint density at radius 1 is 1.15 bits per heavy atom. The van der Waals surface area contributed by atoms with Crippen molar-refractivity contribution < 1.29 is 4.74 Å². The molecule has 0 heterocycles. The smallest absolute Gasteiger partial charge is 0.122 e. The highest BCUT2D eigenvalue weighted by atomic mass is 16.5. The van der Waals surface area contributed by atoms with Gasteiger partial charge in [0.05, 0.1) is 7.11 Å². The lowest BCUT2D eigenvalue weighted by molar-refractivity contribution is 0.384. The van der Waals surface area contributed by atoms with Gasteiger partial charge in [0.1, 0.15) is 5.75 Å². The molecule has 0 aliphatic rings. The standard InChI is InChI=1S/C18H31NO/c1-5-6-7-10-16(14-19-15(2)3)13-17-11-8-9-12-18(17)20-4/h8-9,11-12,15-16,19H,5-7,10,13-14H2,1-4H3. The van der Waals surface area contributed by atoms with Crippen LogP contribution in [0.2, 0.25) is 0 Å². The third-order valence-electron chi connectivity index (χ3n) is 3.73. The molecular formula is C18H31NO. The van der Waals surface area contributed by atoms with Crippen molar-refractivity contribution >= 4 is 0 Å². The summed E-state index contributed by atoms with van der Waals surface area (Å²) in [4.78, 5) is 0. The molecule has 1 aromatic rings. The molecule has 0 aliphatic carbocycles. The second kappa shape index (κ2) is 9.82. The maximum atomic E-state index is 5.48. The summed E-state index contributed by atoms with van der Waals surface area (Å²) in [7, 11) is 1.76. The molecule has 114 valence electrons. The van der Waals surface area contributed by atoms with Crippen molar-refractivity contribution in [2.24, 2.45) is 5.92 Å². The summed E-state index contributed by atoms with van der Waals surface area (Å²) in [5.74, 6) is 1.72. The Balaban J connectivity index is 2.61. The summed E-state index contributed by atoms with van der Waals surface area (Å²) < 4.78 is 5.48. The predicted molar refractivity (Wildman–Crippen MR) is 87.5 cm³/mol. The number of methoxy groups -OCH3 is 1. The van der Waals surface area contributed by atoms with Gasteiger partial charge in [-0.15, -0.1) is 0 Å². The molecule has 0 bridgehead atoms. The summed E-state index contributed by atoms with van der Waals surface area (Å²) in [6.45, 7) is 7.79. The zero-order valence-corrected chi connectivity index (χ0v) is 13.6. The first kappa shape index (κ1) is 17.0. The summed E-state index contributed by atoms with van der Waals surface area (Å²) >= 11 is 0. The van der Waals surface area contributed by atoms with E-state index in [9.17, 15) is 0 Å². The van der Waals surface area contributed by atoms with E-state index < -0.39 is 0 Å². The van der Waals surface area contributed by atoms with Gasteiger partial charge in [-0.3, -0.25) is 0 Å². The van der Waals surface area contributed by atoms with Crippen LogP contribution in [0.3, 0.4) is 0 Å². The van der Waals surface area contributed by atoms with Crippen molar-refractivity contribution in [2.45, 2.75) is 58.9 Å². The van der Waals surface area contributed by atoms with Crippen molar-refractivity contribution in [1.29, 1.82) is 0 Å². The van der Waals surface area contributed by atoms with E-state index in [1.165, 1.54) is 31.2 Å². The molecule has 0 amide bonds. The van der Waals surface area contributed by atoms with Crippen LogP contribution in [0.25, 0.3) is 0 Å². The van der Waals surface area contributed by atoms with Crippen molar-refractivity contribution in [3.05, 3.63) is 29.8 Å². The Labute approximate surface area is 124 Å². The van der Waals surface area contributed by atoms with Gasteiger partial charge in [-0.2, -0.15) is 0 Å². The fourth-order valence-corrected chi connectivity index (χ4v) is 2.54. The fourth-order valence-electron chi connectivity index (χ4n) is 2.54. The maximum absolute atomic E-state index is 5.48. The van der Waals surface area contributed by atoms with Gasteiger partial charge in [0, 0.05) is 6.04 Å². The third-order valence-corrected chi connectivity index (χ3v) is 3.73. The average molecular weight is 277 g/mol. The summed E-state index contributed by atoms with van der Waals surface area (Å²) in [6, 6.07) is 8.97. The Hall–Kier alpha value is -1.02. The number of hydrogen-bond acceptors (Lipinski definition) is 2. The van der Waals surface area contributed by atoms with E-state index >= 15 is 0 Å². The van der Waals surface area contributed by atoms with Gasteiger partial charge in [-0.25, -0.2) is 0 Å². The number of para-hydroxylation sites is 1. The molecule has 0 saturated carbocycles. The second-order valence-electron chi connectivity index (χ2n) is 5.94. The molecule has 1 rings (SSSR count). The van der Waals surface area contributed by atoms with E-state index in [0.29, 0.717) is 12.0 Å². The zero-order chi connectivity index (χ0) is 14.8. The highest BCUT2D eigenvalue weighted by molar-refractivity contribution is 5.33. The molecule has 2 heteroatoms. The van der Waals surface area contributed by atoms with Crippen LogP contribution in [0, 0.1) is 5.92 Å². The molecule has 1 aromatic carbocycles. The minimum absolute atomic E-state index is 0.557. The van der Waals surface area contributed by atoms with Crippen molar-refractivity contribution in [3.63, 3.8) is 0 Å². The molecule has 1 unspecified atom stereocenters. The zero-order valence-electron chi connectivity index (χ0n) is 13.6. The van der Waals surface area contributed by atoms with E-state index in [1.54, 1.807) is 7.11 Å². The average Bonchev–Trinajstić information content (AvgIpc) is 2.45. The molecule has 0 radical (unpaired) electrons. The minimum Gasteiger partial charge on any atom is -0.496 e. The quantitative estimate of drug-likeness (QED) is 0.639. The monoisotopic (exact) mass is 277 g/mol. The first-order valence-corrected chi connectivity index (χ1v) is 8.02. The van der Waals surface area contributed by atoms with Gasteiger partial charge < -0.3 is 10.1 Å². The Kier molecular flexibility index (Phi) is 8.36. The molecule has 1 N–H and O–H groups in total. The van der Waals surface area contributed by atoms with Gasteiger partial charge in [-0.1, -0.05) is 58.2 Å². The molecule has 0 saturated heterocycles. The van der Waals surface area contributed by atoms with Crippen LogP contribution in [0.1, 0.15) is 52.0 Å². The van der Waals surface area contributed by atoms with Crippen LogP contribution in [-0.2, 0) is 6.42 Å². The maximum Gasteiger partial charge on any atom is 0.122 e. The molecule has 0 aromatic heterocycles. The minimum atomic E-state index is 0.557. The summed E-state index contributed by atoms with van der Waals surface area (Å²) in [5, 5.41) is 3.59. The summed E-state index contributed by atoms with van der Waals surface area (Å²) in [5.41, 5.74) is 1.34. The van der Waals surface area contributed by atoms with Gasteiger partial charge in [0.2, 0.25) is 0 Å². The van der Waals surface area contributed by atoms with Crippen LogP contribution < -0.4 is 10.1 Å². The lowest BCUT2D eigenvalue weighted by Gasteiger charge is -2.20. The number of nitrogens with one attached hydrogen (secondary N) is 1. The second-order valence-corrected chi connectivity index (χ2v) is 5.94. The topological polar surface area (TPSA) is 21.3 Å². The van der Waals surface area contributed by atoms with Crippen LogP contribution in [0.4, 0.5) is 0 Å². The summed E-state index contributed by atoms with van der Waals surface area (Å²) in [6.07, 6.45) is 6.36. The molecule has 0 aliphatic heterocycles. The van der Waals surface area contributed by atoms with Crippen molar-refractivity contribution in [3.8, 4) is 5.75 Å². The van der Waals surface area contributed by atoms with Crippen LogP contribution in [0.15, 0.2) is 24.3 Å². The van der Waals surface area contributed by atoms with Gasteiger partial charge >= 0.3 is 0 Å². The Bertz CT molecular complexity index is 362. The highest BCUT2D eigenvalue weighted by Gasteiger charge is 2.12. The Morgan fingerprint density at radius 2 is 1.90 bits per heavy atom. The van der Waals surface area contributed by atoms with E-state index in [1.807, 2.05) is 6.07 Å². The first-order chi connectivity index (χ1) is 9.67. The fraction of sp³-hybridized carbons (Fsp3) is 0.667. The third kappa shape index (κ3) is 6.42. The lowest BCUT2D eigenvalue weighted by Crippen LogP contribution is -2.30. The Morgan fingerprint density at radius 3 is 2.55 bits per heavy atom. The molecule has 1 atom stereocenters. The van der Waals surface area contributed by atoms with Crippen LogP contribution in [0.5, 0.6) is 5.75 Å². The SMILES string of the molecule is CCCCCC(CNC(C)C)Cc1ccccc1OC. The number of rotatable bonds is 10. The van der Waals surface area contributed by atoms with E-state index in [0.717, 1.165) is 18.7 Å². The van der Waals surface area contributed by atoms with Crippen LogP contribution >= 0.6 is 0 Å². The molecule has 2 nitrogen and oxygen atoms in total. The van der Waals surface area contributed by atoms with E-state index in [-0.39, 0.29) is 0 Å². The first-order valence-electron chi connectivity index (χ1n) is 8.02. The number of benzene rings is 1. The number of hydrogen-bond donors (Lipinski definition) is 1. The van der Waals surface area contributed by atoms with Gasteiger partial charge in [0.25, 0.3) is 0 Å². The molecule has 0 fully saturated rings. The number of unbranched alkanes of at least 4 members (excludes halogenated alkanes) is 2. The van der Waals surface area contributed by atoms with Crippen molar-refractivity contribution in [1.82, 2.24) is 5.32 Å². The largest absolute Gasteiger partial charge is 0.496 e. The molecule has 20 heavy (non-hydrogen) atoms. The van der Waals surface area contributed by atoms with E-state index in [4.69, 9.17) is 4.74 Å². The molecular weight excluding hydrogens is 246 g/mol. The van der Waals surface area contributed by atoms with Gasteiger partial charge in [-0.05, 0) is 36.9 Å². The lowest BCUT2D eigenvalue weighted by atomic mass is 9.93. The number of ether oxygens (including phenoxy) is 1. The molecule has 0 spiro atoms. The van der Waals surface area contributed by atoms with Gasteiger partial charge in [0.15, 0.2) is 0 Å². The van der Waals surface area contributed by atoms with E-state index in [2.05, 4.69) is 44.3 Å². The normalized spacial score (nSPS) is 12.7. The predicted octanol–water partition coefficient (Wildman–Crippen LogP) is 4.43. The van der Waals surface area contributed by atoms with Crippen LogP contribution in [-0.4, -0.2) is 19.7 Å².